The van der Waals surface area contributed by atoms with Crippen molar-refractivity contribution in [1.29, 1.82) is 0 Å². The van der Waals surface area contributed by atoms with Crippen LogP contribution in [0, 0.1) is 0 Å². The monoisotopic (exact) mass is 542 g/mol. The summed E-state index contributed by atoms with van der Waals surface area (Å²) < 4.78 is 6.28. The molecule has 2 heterocycles. The second-order valence-electron chi connectivity index (χ2n) is 10.2. The Labute approximate surface area is 217 Å². The minimum Gasteiger partial charge on any atom is -0.457 e. The molecule has 0 N–H and O–H groups in total. The van der Waals surface area contributed by atoms with Gasteiger partial charge in [-0.2, -0.15) is 0 Å². The average molecular weight is 543 g/mol. The first-order valence-electron chi connectivity index (χ1n) is 11.5. The van der Waals surface area contributed by atoms with E-state index in [2.05, 4.69) is 87.1 Å². The standard InChI is InChI=1S/C30H32N2O.Pd/c1-29(2,3)26-15-10-18-32-28(26)23-12-9-14-25(20-23)33-24-13-8-11-22(19-24)21-30(4,5)27-16-6-7-17-31-27;/h6-20H,21H2,1-5H3;. The van der Waals surface area contributed by atoms with Crippen LogP contribution in [0.4, 0.5) is 0 Å². The van der Waals surface area contributed by atoms with Gasteiger partial charge in [0.1, 0.15) is 11.5 Å². The van der Waals surface area contributed by atoms with Crippen molar-refractivity contribution < 1.29 is 25.2 Å². The van der Waals surface area contributed by atoms with Gasteiger partial charge in [-0.15, -0.1) is 0 Å². The van der Waals surface area contributed by atoms with Gasteiger partial charge in [0.25, 0.3) is 0 Å². The van der Waals surface area contributed by atoms with Gasteiger partial charge in [-0.25, -0.2) is 0 Å². The van der Waals surface area contributed by atoms with Crippen LogP contribution in [-0.2, 0) is 37.7 Å². The molecule has 2 aromatic carbocycles. The summed E-state index contributed by atoms with van der Waals surface area (Å²) >= 11 is 0. The van der Waals surface area contributed by atoms with Gasteiger partial charge in [0.2, 0.25) is 0 Å². The normalized spacial score (nSPS) is 11.6. The van der Waals surface area contributed by atoms with E-state index >= 15 is 0 Å². The molecule has 4 heteroatoms. The van der Waals surface area contributed by atoms with Gasteiger partial charge in [-0.3, -0.25) is 9.97 Å². The first-order chi connectivity index (χ1) is 15.7. The molecule has 34 heavy (non-hydrogen) atoms. The zero-order valence-corrected chi connectivity index (χ0v) is 22.0. The van der Waals surface area contributed by atoms with Crippen LogP contribution >= 0.6 is 0 Å². The molecular weight excluding hydrogens is 511 g/mol. The van der Waals surface area contributed by atoms with Crippen LogP contribution in [0.3, 0.4) is 0 Å². The molecule has 0 aliphatic heterocycles. The molecule has 0 bridgehead atoms. The van der Waals surface area contributed by atoms with E-state index in [-0.39, 0.29) is 31.3 Å². The molecule has 0 atom stereocenters. The third-order valence-electron chi connectivity index (χ3n) is 5.86. The van der Waals surface area contributed by atoms with E-state index in [4.69, 9.17) is 4.74 Å². The number of pyridine rings is 2. The molecule has 0 saturated heterocycles. The summed E-state index contributed by atoms with van der Waals surface area (Å²) in [6.07, 6.45) is 4.59. The molecule has 4 aromatic rings. The molecule has 0 fully saturated rings. The predicted octanol–water partition coefficient (Wildman–Crippen LogP) is 7.75. The zero-order chi connectivity index (χ0) is 23.5. The molecule has 0 radical (unpaired) electrons. The number of hydrogen-bond donors (Lipinski definition) is 0. The van der Waals surface area contributed by atoms with Crippen molar-refractivity contribution in [3.63, 3.8) is 0 Å². The van der Waals surface area contributed by atoms with Crippen molar-refractivity contribution >= 4 is 0 Å². The Balaban J connectivity index is 0.00000324. The van der Waals surface area contributed by atoms with Gasteiger partial charge in [0.15, 0.2) is 0 Å². The summed E-state index contributed by atoms with van der Waals surface area (Å²) in [5, 5.41) is 0. The molecule has 0 spiro atoms. The zero-order valence-electron chi connectivity index (χ0n) is 20.5. The minimum absolute atomic E-state index is 0. The summed E-state index contributed by atoms with van der Waals surface area (Å²) in [6, 6.07) is 26.8. The van der Waals surface area contributed by atoms with Crippen LogP contribution in [0.5, 0.6) is 11.5 Å². The molecule has 0 aliphatic rings. The summed E-state index contributed by atoms with van der Waals surface area (Å²) in [5.74, 6) is 1.64. The molecule has 4 rings (SSSR count). The van der Waals surface area contributed by atoms with Gasteiger partial charge in [0, 0.05) is 49.5 Å². The maximum atomic E-state index is 6.28. The predicted molar refractivity (Wildman–Crippen MR) is 136 cm³/mol. The Morgan fingerprint density at radius 3 is 2.12 bits per heavy atom. The number of ether oxygens (including phenoxy) is 1. The topological polar surface area (TPSA) is 35.0 Å². The summed E-state index contributed by atoms with van der Waals surface area (Å²) in [6.45, 7) is 11.1. The fraction of sp³-hybridized carbons (Fsp3) is 0.267. The van der Waals surface area contributed by atoms with Crippen molar-refractivity contribution in [2.24, 2.45) is 0 Å². The quantitative estimate of drug-likeness (QED) is 0.234. The molecule has 0 unspecified atom stereocenters. The Hall–Kier alpha value is -2.80. The minimum atomic E-state index is -0.0673. The Morgan fingerprint density at radius 2 is 1.41 bits per heavy atom. The van der Waals surface area contributed by atoms with E-state index in [0.717, 1.165) is 34.9 Å². The maximum absolute atomic E-state index is 6.28. The smallest absolute Gasteiger partial charge is 0.128 e. The van der Waals surface area contributed by atoms with Crippen LogP contribution in [0.15, 0.2) is 91.3 Å². The van der Waals surface area contributed by atoms with Gasteiger partial charge in [-0.05, 0) is 65.4 Å². The number of rotatable bonds is 6. The van der Waals surface area contributed by atoms with E-state index < -0.39 is 0 Å². The Kier molecular flexibility index (Phi) is 8.08. The molecule has 178 valence electrons. The fourth-order valence-electron chi connectivity index (χ4n) is 4.17. The number of nitrogens with zero attached hydrogens (tertiary/aromatic N) is 2. The third-order valence-corrected chi connectivity index (χ3v) is 5.86. The molecular formula is C30H32N2OPd. The first kappa shape index (κ1) is 25.8. The van der Waals surface area contributed by atoms with E-state index in [0.29, 0.717) is 0 Å². The fourth-order valence-corrected chi connectivity index (χ4v) is 4.17. The second-order valence-corrected chi connectivity index (χ2v) is 10.2. The molecule has 0 amide bonds. The van der Waals surface area contributed by atoms with E-state index in [1.165, 1.54) is 11.1 Å². The van der Waals surface area contributed by atoms with E-state index in [9.17, 15) is 0 Å². The Morgan fingerprint density at radius 1 is 0.706 bits per heavy atom. The van der Waals surface area contributed by atoms with Crippen LogP contribution in [0.1, 0.15) is 51.4 Å². The first-order valence-corrected chi connectivity index (χ1v) is 11.5. The number of benzene rings is 2. The van der Waals surface area contributed by atoms with Gasteiger partial charge >= 0.3 is 0 Å². The summed E-state index contributed by atoms with van der Waals surface area (Å²) in [5.41, 5.74) is 5.54. The van der Waals surface area contributed by atoms with Crippen LogP contribution in [0.2, 0.25) is 0 Å². The number of hydrogen-bond acceptors (Lipinski definition) is 3. The molecule has 3 nitrogen and oxygen atoms in total. The van der Waals surface area contributed by atoms with E-state index in [1.807, 2.05) is 48.8 Å². The Bertz CT molecular complexity index is 1230. The maximum Gasteiger partial charge on any atom is 0.128 e. The van der Waals surface area contributed by atoms with Gasteiger partial charge in [-0.1, -0.05) is 71.0 Å². The van der Waals surface area contributed by atoms with Crippen LogP contribution < -0.4 is 4.74 Å². The largest absolute Gasteiger partial charge is 0.457 e. The average Bonchev–Trinajstić information content (AvgIpc) is 2.79. The second kappa shape index (κ2) is 10.6. The van der Waals surface area contributed by atoms with Crippen LogP contribution in [-0.4, -0.2) is 9.97 Å². The van der Waals surface area contributed by atoms with Gasteiger partial charge in [0.05, 0.1) is 5.69 Å². The molecule has 2 aromatic heterocycles. The summed E-state index contributed by atoms with van der Waals surface area (Å²) in [4.78, 5) is 9.25. The van der Waals surface area contributed by atoms with Crippen molar-refractivity contribution in [1.82, 2.24) is 9.97 Å². The van der Waals surface area contributed by atoms with Gasteiger partial charge < -0.3 is 4.74 Å². The van der Waals surface area contributed by atoms with Crippen molar-refractivity contribution in [3.05, 3.63) is 108 Å². The molecule has 0 saturated carbocycles. The number of aromatic nitrogens is 2. The summed E-state index contributed by atoms with van der Waals surface area (Å²) in [7, 11) is 0. The SMILES string of the molecule is CC(C)(C)c1cccnc1-c1cccc(Oc2cccc(CC(C)(C)c3ccccn3)c2)c1.[Pd]. The van der Waals surface area contributed by atoms with Crippen LogP contribution in [0.25, 0.3) is 11.3 Å². The third kappa shape index (κ3) is 6.20. The van der Waals surface area contributed by atoms with Crippen molar-refractivity contribution in [2.45, 2.75) is 51.9 Å². The molecule has 0 aliphatic carbocycles. The van der Waals surface area contributed by atoms with E-state index in [1.54, 1.807) is 0 Å². The van der Waals surface area contributed by atoms with Crippen molar-refractivity contribution in [2.75, 3.05) is 0 Å². The van der Waals surface area contributed by atoms with Crippen molar-refractivity contribution in [3.8, 4) is 22.8 Å².